The predicted octanol–water partition coefficient (Wildman–Crippen LogP) is 2.79. The number of hydrogen-bond acceptors (Lipinski definition) is 4. The molecule has 0 atom stereocenters. The van der Waals surface area contributed by atoms with Gasteiger partial charge in [0.1, 0.15) is 11.6 Å². The molecule has 0 bridgehead atoms. The average molecular weight is 267 g/mol. The average Bonchev–Trinajstić information content (AvgIpc) is 3.02. The summed E-state index contributed by atoms with van der Waals surface area (Å²) in [6.45, 7) is 1.73. The molecule has 0 aromatic heterocycles. The van der Waals surface area contributed by atoms with Gasteiger partial charge in [0.05, 0.1) is 19.3 Å². The fraction of sp³-hybridized carbons (Fsp3) is 0.188. The molecule has 102 valence electrons. The minimum atomic E-state index is 0.823. The molecule has 20 heavy (non-hydrogen) atoms. The van der Waals surface area contributed by atoms with E-state index in [-0.39, 0.29) is 0 Å². The van der Waals surface area contributed by atoms with E-state index in [9.17, 15) is 0 Å². The molecule has 2 N–H and O–H groups in total. The van der Waals surface area contributed by atoms with E-state index in [1.54, 1.807) is 7.11 Å². The van der Waals surface area contributed by atoms with E-state index in [0.717, 1.165) is 41.6 Å². The molecule has 4 nitrogen and oxygen atoms in total. The summed E-state index contributed by atoms with van der Waals surface area (Å²) < 4.78 is 5.37. The molecule has 1 heterocycles. The van der Waals surface area contributed by atoms with Crippen molar-refractivity contribution in [2.45, 2.75) is 0 Å². The Kier molecular flexibility index (Phi) is 3.54. The van der Waals surface area contributed by atoms with Gasteiger partial charge in [0.2, 0.25) is 0 Å². The number of aliphatic imine (C=N–C) groups is 1. The zero-order chi connectivity index (χ0) is 13.8. The lowest BCUT2D eigenvalue weighted by Crippen LogP contribution is -2.20. The second kappa shape index (κ2) is 5.65. The molecule has 3 rings (SSSR count). The van der Waals surface area contributed by atoms with Gasteiger partial charge in [-0.1, -0.05) is 24.3 Å². The Morgan fingerprint density at radius 1 is 1.05 bits per heavy atom. The van der Waals surface area contributed by atoms with Crippen molar-refractivity contribution in [2.75, 3.05) is 25.5 Å². The number of benzene rings is 2. The van der Waals surface area contributed by atoms with E-state index in [0.29, 0.717) is 0 Å². The van der Waals surface area contributed by atoms with Crippen molar-refractivity contribution in [3.05, 3.63) is 54.1 Å². The number of anilines is 2. The molecule has 0 spiro atoms. The number of nitrogens with one attached hydrogen (secondary N) is 2. The summed E-state index contributed by atoms with van der Waals surface area (Å²) in [5.74, 6) is 1.77. The largest absolute Gasteiger partial charge is 0.495 e. The Balaban J connectivity index is 1.95. The maximum atomic E-state index is 5.37. The lowest BCUT2D eigenvalue weighted by molar-refractivity contribution is 0.417. The highest BCUT2D eigenvalue weighted by atomic mass is 16.5. The minimum Gasteiger partial charge on any atom is -0.495 e. The first-order chi connectivity index (χ1) is 9.88. The van der Waals surface area contributed by atoms with E-state index >= 15 is 0 Å². The molecule has 0 fully saturated rings. The van der Waals surface area contributed by atoms with Gasteiger partial charge in [-0.05, 0) is 24.3 Å². The summed E-state index contributed by atoms with van der Waals surface area (Å²) >= 11 is 0. The Morgan fingerprint density at radius 3 is 2.55 bits per heavy atom. The van der Waals surface area contributed by atoms with Crippen LogP contribution in [0.5, 0.6) is 5.75 Å². The lowest BCUT2D eigenvalue weighted by Gasteiger charge is -2.14. The predicted molar refractivity (Wildman–Crippen MR) is 82.1 cm³/mol. The van der Waals surface area contributed by atoms with E-state index < -0.39 is 0 Å². The second-order valence-electron chi connectivity index (χ2n) is 4.53. The van der Waals surface area contributed by atoms with Crippen molar-refractivity contribution >= 4 is 17.2 Å². The van der Waals surface area contributed by atoms with E-state index in [2.05, 4.69) is 21.7 Å². The van der Waals surface area contributed by atoms with Crippen molar-refractivity contribution in [3.8, 4) is 5.75 Å². The highest BCUT2D eigenvalue weighted by Gasteiger charge is 2.13. The Labute approximate surface area is 118 Å². The summed E-state index contributed by atoms with van der Waals surface area (Å²) in [6.07, 6.45) is 0. The summed E-state index contributed by atoms with van der Waals surface area (Å²) in [4.78, 5) is 4.49. The first kappa shape index (κ1) is 12.5. The van der Waals surface area contributed by atoms with Gasteiger partial charge >= 0.3 is 0 Å². The number of rotatable bonds is 4. The molecular weight excluding hydrogens is 250 g/mol. The van der Waals surface area contributed by atoms with E-state index in [1.807, 2.05) is 42.5 Å². The van der Waals surface area contributed by atoms with Crippen LogP contribution in [-0.2, 0) is 0 Å². The van der Waals surface area contributed by atoms with Gasteiger partial charge in [0.25, 0.3) is 0 Å². The molecule has 1 aliphatic heterocycles. The Hall–Kier alpha value is -2.49. The van der Waals surface area contributed by atoms with Gasteiger partial charge in [-0.25, -0.2) is 0 Å². The standard InChI is InChI=1S/C16H17N3O/c1-20-15-9-5-4-8-14(15)19-13-7-3-2-6-12(13)16-17-10-11-18-16/h2-9,19H,10-11H2,1H3,(H,17,18). The third kappa shape index (κ3) is 2.45. The number of amidine groups is 1. The number of para-hydroxylation sites is 3. The molecule has 0 unspecified atom stereocenters. The van der Waals surface area contributed by atoms with Crippen molar-refractivity contribution in [1.82, 2.24) is 5.32 Å². The van der Waals surface area contributed by atoms with Crippen molar-refractivity contribution in [1.29, 1.82) is 0 Å². The van der Waals surface area contributed by atoms with Crippen LogP contribution in [0.25, 0.3) is 0 Å². The second-order valence-corrected chi connectivity index (χ2v) is 4.53. The summed E-state index contributed by atoms with van der Waals surface area (Å²) in [7, 11) is 1.68. The third-order valence-electron chi connectivity index (χ3n) is 3.23. The highest BCUT2D eigenvalue weighted by Crippen LogP contribution is 2.28. The van der Waals surface area contributed by atoms with Crippen molar-refractivity contribution in [2.24, 2.45) is 4.99 Å². The van der Waals surface area contributed by atoms with Gasteiger partial charge in [0.15, 0.2) is 0 Å². The smallest absolute Gasteiger partial charge is 0.142 e. The van der Waals surface area contributed by atoms with Crippen LogP contribution in [0.1, 0.15) is 5.56 Å². The monoisotopic (exact) mass is 267 g/mol. The Morgan fingerprint density at radius 2 is 1.80 bits per heavy atom. The molecule has 2 aromatic carbocycles. The zero-order valence-corrected chi connectivity index (χ0v) is 11.4. The summed E-state index contributed by atoms with van der Waals surface area (Å²) in [5, 5.41) is 6.73. The first-order valence-electron chi connectivity index (χ1n) is 6.66. The first-order valence-corrected chi connectivity index (χ1v) is 6.66. The van der Waals surface area contributed by atoms with Crippen LogP contribution in [0.2, 0.25) is 0 Å². The SMILES string of the molecule is COc1ccccc1Nc1ccccc1C1=NCCN1. The maximum absolute atomic E-state index is 5.37. The molecule has 1 aliphatic rings. The van der Waals surface area contributed by atoms with Crippen LogP contribution < -0.4 is 15.4 Å². The van der Waals surface area contributed by atoms with E-state index in [4.69, 9.17) is 4.74 Å². The molecule has 4 heteroatoms. The van der Waals surface area contributed by atoms with Crippen molar-refractivity contribution < 1.29 is 4.74 Å². The molecular formula is C16H17N3O. The molecule has 0 saturated carbocycles. The minimum absolute atomic E-state index is 0.823. The number of methoxy groups -OCH3 is 1. The van der Waals surface area contributed by atoms with Gasteiger partial charge in [-0.15, -0.1) is 0 Å². The lowest BCUT2D eigenvalue weighted by atomic mass is 10.1. The normalized spacial score (nSPS) is 13.6. The maximum Gasteiger partial charge on any atom is 0.142 e. The van der Waals surface area contributed by atoms with Crippen LogP contribution in [0.4, 0.5) is 11.4 Å². The van der Waals surface area contributed by atoms with Crippen LogP contribution >= 0.6 is 0 Å². The molecule has 0 radical (unpaired) electrons. The summed E-state index contributed by atoms with van der Waals surface area (Å²) in [6, 6.07) is 16.0. The molecule has 0 amide bonds. The molecule has 2 aromatic rings. The number of ether oxygens (including phenoxy) is 1. The third-order valence-corrected chi connectivity index (χ3v) is 3.23. The topological polar surface area (TPSA) is 45.6 Å². The Bertz CT molecular complexity index is 637. The van der Waals surface area contributed by atoms with E-state index in [1.165, 1.54) is 0 Å². The number of nitrogens with zero attached hydrogens (tertiary/aromatic N) is 1. The fourth-order valence-electron chi connectivity index (χ4n) is 2.27. The van der Waals surface area contributed by atoms with Crippen molar-refractivity contribution in [3.63, 3.8) is 0 Å². The summed E-state index contributed by atoms with van der Waals surface area (Å²) in [5.41, 5.74) is 3.04. The zero-order valence-electron chi connectivity index (χ0n) is 11.4. The van der Waals surface area contributed by atoms with Gasteiger partial charge in [0, 0.05) is 17.8 Å². The number of hydrogen-bond donors (Lipinski definition) is 2. The van der Waals surface area contributed by atoms with Crippen LogP contribution in [-0.4, -0.2) is 26.0 Å². The van der Waals surface area contributed by atoms with Crippen LogP contribution in [0.3, 0.4) is 0 Å². The van der Waals surface area contributed by atoms with Gasteiger partial charge in [-0.2, -0.15) is 0 Å². The van der Waals surface area contributed by atoms with Crippen LogP contribution in [0.15, 0.2) is 53.5 Å². The fourth-order valence-corrected chi connectivity index (χ4v) is 2.27. The quantitative estimate of drug-likeness (QED) is 0.895. The van der Waals surface area contributed by atoms with Gasteiger partial charge < -0.3 is 15.4 Å². The molecule has 0 aliphatic carbocycles. The highest BCUT2D eigenvalue weighted by molar-refractivity contribution is 6.04. The van der Waals surface area contributed by atoms with Crippen LogP contribution in [0, 0.1) is 0 Å². The van der Waals surface area contributed by atoms with Gasteiger partial charge in [-0.3, -0.25) is 4.99 Å². The molecule has 0 saturated heterocycles.